The number of rotatable bonds is 6. The second kappa shape index (κ2) is 8.22. The molecule has 4 heteroatoms. The molecule has 120 valence electrons. The Labute approximate surface area is 137 Å². The van der Waals surface area contributed by atoms with Crippen molar-refractivity contribution in [1.29, 1.82) is 0 Å². The lowest BCUT2D eigenvalue weighted by molar-refractivity contribution is 0.306. The van der Waals surface area contributed by atoms with E-state index in [0.717, 1.165) is 44.2 Å². The Bertz CT molecular complexity index is 623. The number of hydrogen-bond acceptors (Lipinski definition) is 4. The number of aliphatic imine (C=N–C) groups is 1. The van der Waals surface area contributed by atoms with Crippen LogP contribution in [0.3, 0.4) is 0 Å². The first-order valence-electron chi connectivity index (χ1n) is 8.18. The Balaban J connectivity index is 1.42. The molecule has 0 spiro atoms. The van der Waals surface area contributed by atoms with Crippen LogP contribution in [0.25, 0.3) is 0 Å². The number of benzene rings is 2. The van der Waals surface area contributed by atoms with E-state index in [1.54, 1.807) is 0 Å². The van der Waals surface area contributed by atoms with Crippen molar-refractivity contribution in [1.82, 2.24) is 10.6 Å². The van der Waals surface area contributed by atoms with Gasteiger partial charge < -0.3 is 15.4 Å². The minimum absolute atomic E-state index is 0.604. The lowest BCUT2D eigenvalue weighted by atomic mass is 10.1. The maximum atomic E-state index is 5.80. The second-order valence-electron chi connectivity index (χ2n) is 5.61. The number of ether oxygens (including phenoxy) is 1. The highest BCUT2D eigenvalue weighted by Crippen LogP contribution is 2.14. The molecule has 4 nitrogen and oxygen atoms in total. The van der Waals surface area contributed by atoms with Gasteiger partial charge in [0.1, 0.15) is 12.4 Å². The summed E-state index contributed by atoms with van der Waals surface area (Å²) in [6.07, 6.45) is 2.09. The Kier molecular flexibility index (Phi) is 5.51. The van der Waals surface area contributed by atoms with Crippen LogP contribution in [0.15, 0.2) is 59.6 Å². The van der Waals surface area contributed by atoms with Gasteiger partial charge in [0.05, 0.1) is 0 Å². The molecule has 23 heavy (non-hydrogen) atoms. The van der Waals surface area contributed by atoms with Crippen LogP contribution in [-0.2, 0) is 13.0 Å². The molecule has 0 radical (unpaired) electrons. The average molecular weight is 309 g/mol. The fraction of sp³-hybridized carbons (Fsp3) is 0.316. The maximum Gasteiger partial charge on any atom is 0.191 e. The largest absolute Gasteiger partial charge is 0.489 e. The molecule has 0 aliphatic carbocycles. The third kappa shape index (κ3) is 5.02. The summed E-state index contributed by atoms with van der Waals surface area (Å²) in [4.78, 5) is 4.40. The van der Waals surface area contributed by atoms with Gasteiger partial charge in [-0.25, -0.2) is 0 Å². The van der Waals surface area contributed by atoms with E-state index in [9.17, 15) is 0 Å². The molecule has 0 atom stereocenters. The van der Waals surface area contributed by atoms with Crippen molar-refractivity contribution in [2.75, 3.05) is 19.6 Å². The first-order chi connectivity index (χ1) is 11.4. The molecule has 0 aromatic heterocycles. The summed E-state index contributed by atoms with van der Waals surface area (Å²) in [5.74, 6) is 1.84. The fourth-order valence-electron chi connectivity index (χ4n) is 2.47. The molecule has 3 rings (SSSR count). The highest BCUT2D eigenvalue weighted by atomic mass is 16.5. The van der Waals surface area contributed by atoms with Crippen molar-refractivity contribution in [3.05, 3.63) is 65.7 Å². The standard InChI is InChI=1S/C19H23N3O/c1-2-5-17(6-3-1)15-23-18-9-7-16(8-10-18)11-14-22-19-20-12-4-13-21-19/h1-3,5-10H,4,11-15H2,(H2,20,21,22). The van der Waals surface area contributed by atoms with Gasteiger partial charge in [-0.05, 0) is 36.1 Å². The van der Waals surface area contributed by atoms with E-state index in [0.29, 0.717) is 6.61 Å². The van der Waals surface area contributed by atoms with E-state index < -0.39 is 0 Å². The van der Waals surface area contributed by atoms with Gasteiger partial charge in [-0.3, -0.25) is 4.99 Å². The van der Waals surface area contributed by atoms with Crippen molar-refractivity contribution in [3.63, 3.8) is 0 Å². The van der Waals surface area contributed by atoms with Gasteiger partial charge >= 0.3 is 0 Å². The lowest BCUT2D eigenvalue weighted by Gasteiger charge is -2.16. The van der Waals surface area contributed by atoms with Crippen LogP contribution in [0.2, 0.25) is 0 Å². The molecule has 1 aliphatic rings. The van der Waals surface area contributed by atoms with E-state index in [-0.39, 0.29) is 0 Å². The molecule has 2 aromatic rings. The van der Waals surface area contributed by atoms with Crippen LogP contribution < -0.4 is 15.4 Å². The predicted octanol–water partition coefficient (Wildman–Crippen LogP) is 2.75. The van der Waals surface area contributed by atoms with Gasteiger partial charge in [-0.15, -0.1) is 0 Å². The number of nitrogens with zero attached hydrogens (tertiary/aromatic N) is 1. The predicted molar refractivity (Wildman–Crippen MR) is 93.8 cm³/mol. The van der Waals surface area contributed by atoms with Crippen LogP contribution in [0, 0.1) is 0 Å². The van der Waals surface area contributed by atoms with Crippen LogP contribution in [0.4, 0.5) is 0 Å². The molecular weight excluding hydrogens is 286 g/mol. The Morgan fingerprint density at radius 2 is 1.83 bits per heavy atom. The minimum atomic E-state index is 0.604. The Hall–Kier alpha value is -2.49. The first kappa shape index (κ1) is 15.4. The summed E-state index contributed by atoms with van der Waals surface area (Å²) in [6.45, 7) is 3.42. The van der Waals surface area contributed by atoms with Gasteiger partial charge in [0.2, 0.25) is 0 Å². The molecule has 0 fully saturated rings. The van der Waals surface area contributed by atoms with Crippen molar-refractivity contribution in [2.24, 2.45) is 4.99 Å². The zero-order valence-corrected chi connectivity index (χ0v) is 13.3. The second-order valence-corrected chi connectivity index (χ2v) is 5.61. The van der Waals surface area contributed by atoms with Gasteiger partial charge in [-0.2, -0.15) is 0 Å². The number of hydrogen-bond donors (Lipinski definition) is 2. The SMILES string of the molecule is c1ccc(COc2ccc(CCNC3=NCCCN3)cc2)cc1. The van der Waals surface area contributed by atoms with Crippen LogP contribution in [-0.4, -0.2) is 25.6 Å². The number of nitrogens with one attached hydrogen (secondary N) is 2. The van der Waals surface area contributed by atoms with Crippen LogP contribution in [0.1, 0.15) is 17.5 Å². The van der Waals surface area contributed by atoms with E-state index in [2.05, 4.69) is 39.9 Å². The quantitative estimate of drug-likeness (QED) is 0.862. The van der Waals surface area contributed by atoms with E-state index in [1.807, 2.05) is 30.3 Å². The summed E-state index contributed by atoms with van der Waals surface area (Å²) in [5, 5.41) is 6.60. The van der Waals surface area contributed by atoms with E-state index in [4.69, 9.17) is 4.74 Å². The highest BCUT2D eigenvalue weighted by molar-refractivity contribution is 5.80. The summed E-state index contributed by atoms with van der Waals surface area (Å²) in [6, 6.07) is 18.5. The van der Waals surface area contributed by atoms with Gasteiger partial charge in [-0.1, -0.05) is 42.5 Å². The maximum absolute atomic E-state index is 5.80. The summed E-state index contributed by atoms with van der Waals surface area (Å²) >= 11 is 0. The zero-order chi connectivity index (χ0) is 15.7. The van der Waals surface area contributed by atoms with Crippen LogP contribution >= 0.6 is 0 Å². The first-order valence-corrected chi connectivity index (χ1v) is 8.18. The van der Waals surface area contributed by atoms with Gasteiger partial charge in [0.25, 0.3) is 0 Å². The molecule has 2 N–H and O–H groups in total. The molecule has 0 amide bonds. The molecule has 0 saturated heterocycles. The number of guanidine groups is 1. The van der Waals surface area contributed by atoms with Crippen molar-refractivity contribution < 1.29 is 4.74 Å². The fourth-order valence-corrected chi connectivity index (χ4v) is 2.47. The van der Waals surface area contributed by atoms with E-state index in [1.165, 1.54) is 11.1 Å². The topological polar surface area (TPSA) is 45.6 Å². The molecule has 1 heterocycles. The van der Waals surface area contributed by atoms with Crippen LogP contribution in [0.5, 0.6) is 5.75 Å². The molecule has 0 saturated carbocycles. The summed E-state index contributed by atoms with van der Waals surface area (Å²) in [5.41, 5.74) is 2.47. The van der Waals surface area contributed by atoms with Gasteiger partial charge in [0, 0.05) is 19.6 Å². The molecule has 2 aromatic carbocycles. The molecule has 0 bridgehead atoms. The lowest BCUT2D eigenvalue weighted by Crippen LogP contribution is -2.41. The van der Waals surface area contributed by atoms with Gasteiger partial charge in [0.15, 0.2) is 5.96 Å². The Morgan fingerprint density at radius 3 is 2.57 bits per heavy atom. The van der Waals surface area contributed by atoms with Crippen molar-refractivity contribution in [3.8, 4) is 5.75 Å². The zero-order valence-electron chi connectivity index (χ0n) is 13.3. The molecular formula is C19H23N3O. The molecule has 1 aliphatic heterocycles. The monoisotopic (exact) mass is 309 g/mol. The molecule has 0 unspecified atom stereocenters. The highest BCUT2D eigenvalue weighted by Gasteiger charge is 2.02. The summed E-state index contributed by atoms with van der Waals surface area (Å²) in [7, 11) is 0. The normalized spacial score (nSPS) is 13.8. The van der Waals surface area contributed by atoms with E-state index >= 15 is 0 Å². The summed E-state index contributed by atoms with van der Waals surface area (Å²) < 4.78 is 5.80. The minimum Gasteiger partial charge on any atom is -0.489 e. The third-order valence-electron chi connectivity index (χ3n) is 3.78. The Morgan fingerprint density at radius 1 is 1.00 bits per heavy atom. The van der Waals surface area contributed by atoms with Crippen molar-refractivity contribution in [2.45, 2.75) is 19.4 Å². The average Bonchev–Trinajstić information content (AvgIpc) is 2.63. The van der Waals surface area contributed by atoms with Crippen molar-refractivity contribution >= 4 is 5.96 Å². The third-order valence-corrected chi connectivity index (χ3v) is 3.78. The smallest absolute Gasteiger partial charge is 0.191 e.